The Morgan fingerprint density at radius 2 is 1.84 bits per heavy atom. The Bertz CT molecular complexity index is 656. The van der Waals surface area contributed by atoms with Gasteiger partial charge in [0.05, 0.1) is 5.56 Å². The third kappa shape index (κ3) is 2.71. The summed E-state index contributed by atoms with van der Waals surface area (Å²) in [5, 5.41) is 8.69. The van der Waals surface area contributed by atoms with Crippen LogP contribution in [0.1, 0.15) is 11.3 Å². The van der Waals surface area contributed by atoms with Crippen LogP contribution in [0.5, 0.6) is 0 Å². The summed E-state index contributed by atoms with van der Waals surface area (Å²) in [4.78, 5) is 3.68. The second-order valence-corrected chi connectivity index (χ2v) is 3.73. The van der Waals surface area contributed by atoms with Gasteiger partial charge in [-0.2, -0.15) is 18.4 Å². The molecule has 0 unspecified atom stereocenters. The van der Waals surface area contributed by atoms with Gasteiger partial charge >= 0.3 is 6.18 Å². The lowest BCUT2D eigenvalue weighted by Gasteiger charge is -2.13. The third-order valence-corrected chi connectivity index (χ3v) is 2.47. The fraction of sp³-hybridized carbons (Fsp3) is 0.0769. The number of rotatable bonds is 1. The standard InChI is InChI=1S/C13H6F4N2/c14-9-1-2-11(12(6-9)13(15,16)17)8-3-4-19-10(5-8)7-18/h1-6H. The average Bonchev–Trinajstić information content (AvgIpc) is 2.37. The van der Waals surface area contributed by atoms with Gasteiger partial charge in [-0.1, -0.05) is 6.07 Å². The molecule has 19 heavy (non-hydrogen) atoms. The van der Waals surface area contributed by atoms with Crippen molar-refractivity contribution in [3.63, 3.8) is 0 Å². The molecule has 0 aliphatic rings. The number of nitrogens with zero attached hydrogens (tertiary/aromatic N) is 2. The maximum absolute atomic E-state index is 13.0. The van der Waals surface area contributed by atoms with Crippen LogP contribution in [-0.4, -0.2) is 4.98 Å². The molecule has 0 N–H and O–H groups in total. The number of hydrogen-bond donors (Lipinski definition) is 0. The first-order valence-electron chi connectivity index (χ1n) is 5.15. The van der Waals surface area contributed by atoms with E-state index in [1.54, 1.807) is 6.07 Å². The highest BCUT2D eigenvalue weighted by Gasteiger charge is 2.34. The van der Waals surface area contributed by atoms with Gasteiger partial charge < -0.3 is 0 Å². The van der Waals surface area contributed by atoms with Gasteiger partial charge in [-0.15, -0.1) is 0 Å². The van der Waals surface area contributed by atoms with Crippen molar-refractivity contribution in [3.8, 4) is 17.2 Å². The average molecular weight is 266 g/mol. The fourth-order valence-electron chi connectivity index (χ4n) is 1.66. The molecule has 0 bridgehead atoms. The molecule has 2 aromatic rings. The van der Waals surface area contributed by atoms with Gasteiger partial charge in [-0.05, 0) is 35.4 Å². The van der Waals surface area contributed by atoms with E-state index in [0.717, 1.165) is 12.1 Å². The Labute approximate surface area is 105 Å². The van der Waals surface area contributed by atoms with Crippen LogP contribution in [0.2, 0.25) is 0 Å². The maximum atomic E-state index is 13.0. The van der Waals surface area contributed by atoms with Crippen LogP contribution in [-0.2, 0) is 6.18 Å². The van der Waals surface area contributed by atoms with E-state index in [9.17, 15) is 17.6 Å². The first-order chi connectivity index (χ1) is 8.91. The van der Waals surface area contributed by atoms with Crippen molar-refractivity contribution >= 4 is 0 Å². The van der Waals surface area contributed by atoms with E-state index >= 15 is 0 Å². The summed E-state index contributed by atoms with van der Waals surface area (Å²) < 4.78 is 51.5. The smallest absolute Gasteiger partial charge is 0.246 e. The van der Waals surface area contributed by atoms with Gasteiger partial charge in [0, 0.05) is 6.20 Å². The molecule has 2 rings (SSSR count). The third-order valence-electron chi connectivity index (χ3n) is 2.47. The van der Waals surface area contributed by atoms with E-state index in [1.165, 1.54) is 18.3 Å². The Hall–Kier alpha value is -2.42. The van der Waals surface area contributed by atoms with Crippen LogP contribution in [0.25, 0.3) is 11.1 Å². The summed E-state index contributed by atoms with van der Waals surface area (Å²) in [7, 11) is 0. The number of nitriles is 1. The number of halogens is 4. The summed E-state index contributed by atoms with van der Waals surface area (Å²) in [6, 6.07) is 6.71. The highest BCUT2D eigenvalue weighted by molar-refractivity contribution is 5.68. The van der Waals surface area contributed by atoms with Crippen molar-refractivity contribution < 1.29 is 17.6 Å². The minimum atomic E-state index is -4.67. The van der Waals surface area contributed by atoms with Gasteiger partial charge in [0.1, 0.15) is 17.6 Å². The summed E-state index contributed by atoms with van der Waals surface area (Å²) in [6.45, 7) is 0. The van der Waals surface area contributed by atoms with Crippen LogP contribution in [0.3, 0.4) is 0 Å². The Kier molecular flexibility index (Phi) is 3.21. The molecule has 0 radical (unpaired) electrons. The minimum Gasteiger partial charge on any atom is -0.246 e. The highest BCUT2D eigenvalue weighted by atomic mass is 19.4. The molecular weight excluding hydrogens is 260 g/mol. The van der Waals surface area contributed by atoms with Crippen LogP contribution >= 0.6 is 0 Å². The molecule has 0 amide bonds. The van der Waals surface area contributed by atoms with E-state index in [-0.39, 0.29) is 16.8 Å². The van der Waals surface area contributed by atoms with Gasteiger partial charge in [0.15, 0.2) is 0 Å². The maximum Gasteiger partial charge on any atom is 0.417 e. The summed E-state index contributed by atoms with van der Waals surface area (Å²) >= 11 is 0. The number of hydrogen-bond acceptors (Lipinski definition) is 2. The largest absolute Gasteiger partial charge is 0.417 e. The summed E-state index contributed by atoms with van der Waals surface area (Å²) in [6.07, 6.45) is -3.44. The van der Waals surface area contributed by atoms with Gasteiger partial charge in [0.2, 0.25) is 0 Å². The summed E-state index contributed by atoms with van der Waals surface area (Å²) in [5.74, 6) is -0.967. The molecule has 6 heteroatoms. The van der Waals surface area contributed by atoms with Crippen molar-refractivity contribution in [1.82, 2.24) is 4.98 Å². The monoisotopic (exact) mass is 266 g/mol. The molecule has 1 aromatic carbocycles. The Morgan fingerprint density at radius 3 is 2.47 bits per heavy atom. The molecule has 0 aliphatic heterocycles. The number of alkyl halides is 3. The molecule has 1 heterocycles. The van der Waals surface area contributed by atoms with Crippen LogP contribution < -0.4 is 0 Å². The molecule has 0 fully saturated rings. The number of aromatic nitrogens is 1. The van der Waals surface area contributed by atoms with Gasteiger partial charge in [-0.25, -0.2) is 9.37 Å². The molecule has 0 spiro atoms. The summed E-state index contributed by atoms with van der Waals surface area (Å²) in [5.41, 5.74) is -1.11. The fourth-order valence-corrected chi connectivity index (χ4v) is 1.66. The number of pyridine rings is 1. The zero-order valence-electron chi connectivity index (χ0n) is 9.37. The van der Waals surface area contributed by atoms with E-state index < -0.39 is 17.6 Å². The number of benzene rings is 1. The van der Waals surface area contributed by atoms with Crippen LogP contribution in [0.4, 0.5) is 17.6 Å². The Morgan fingerprint density at radius 1 is 1.11 bits per heavy atom. The van der Waals surface area contributed by atoms with Gasteiger partial charge in [-0.3, -0.25) is 0 Å². The predicted octanol–water partition coefficient (Wildman–Crippen LogP) is 3.78. The lowest BCUT2D eigenvalue weighted by molar-refractivity contribution is -0.137. The molecule has 0 saturated carbocycles. The first kappa shape index (κ1) is 13.0. The topological polar surface area (TPSA) is 36.7 Å². The predicted molar refractivity (Wildman–Crippen MR) is 59.3 cm³/mol. The normalized spacial score (nSPS) is 11.1. The van der Waals surface area contributed by atoms with Gasteiger partial charge in [0.25, 0.3) is 0 Å². The van der Waals surface area contributed by atoms with Crippen molar-refractivity contribution in [1.29, 1.82) is 5.26 Å². The van der Waals surface area contributed by atoms with E-state index in [1.807, 2.05) is 0 Å². The highest BCUT2D eigenvalue weighted by Crippen LogP contribution is 2.37. The SMILES string of the molecule is N#Cc1cc(-c2ccc(F)cc2C(F)(F)F)ccn1. The second-order valence-electron chi connectivity index (χ2n) is 3.73. The lowest BCUT2D eigenvalue weighted by Crippen LogP contribution is -2.07. The minimum absolute atomic E-state index is 0.00468. The second kappa shape index (κ2) is 4.69. The molecule has 0 saturated heterocycles. The molecule has 0 aliphatic carbocycles. The zero-order valence-corrected chi connectivity index (χ0v) is 9.37. The molecule has 1 aromatic heterocycles. The van der Waals surface area contributed by atoms with Crippen molar-refractivity contribution in [2.24, 2.45) is 0 Å². The Balaban J connectivity index is 2.65. The molecule has 2 nitrogen and oxygen atoms in total. The van der Waals surface area contributed by atoms with Crippen molar-refractivity contribution in [3.05, 3.63) is 53.6 Å². The first-order valence-corrected chi connectivity index (χ1v) is 5.15. The zero-order chi connectivity index (χ0) is 14.0. The molecular formula is C13H6F4N2. The lowest BCUT2D eigenvalue weighted by atomic mass is 9.99. The van der Waals surface area contributed by atoms with Crippen LogP contribution in [0, 0.1) is 17.1 Å². The molecule has 0 atom stereocenters. The van der Waals surface area contributed by atoms with E-state index in [0.29, 0.717) is 6.07 Å². The van der Waals surface area contributed by atoms with Crippen LogP contribution in [0.15, 0.2) is 36.5 Å². The van der Waals surface area contributed by atoms with Crippen molar-refractivity contribution in [2.45, 2.75) is 6.18 Å². The quantitative estimate of drug-likeness (QED) is 0.736. The van der Waals surface area contributed by atoms with Crippen molar-refractivity contribution in [2.75, 3.05) is 0 Å². The molecule has 96 valence electrons. The van der Waals surface area contributed by atoms with E-state index in [4.69, 9.17) is 5.26 Å². The van der Waals surface area contributed by atoms with E-state index in [2.05, 4.69) is 4.98 Å².